The predicted molar refractivity (Wildman–Crippen MR) is 81.5 cm³/mol. The number of aryl methyl sites for hydroxylation is 1. The fourth-order valence-electron chi connectivity index (χ4n) is 1.42. The van der Waals surface area contributed by atoms with Crippen molar-refractivity contribution in [2.75, 3.05) is 13.7 Å². The Morgan fingerprint density at radius 1 is 1.44 bits per heavy atom. The highest BCUT2D eigenvalue weighted by Gasteiger charge is 2.33. The molecule has 0 saturated carbocycles. The molecule has 0 spiro atoms. The van der Waals surface area contributed by atoms with Gasteiger partial charge in [0.25, 0.3) is 5.91 Å². The van der Waals surface area contributed by atoms with Gasteiger partial charge in [-0.15, -0.1) is 0 Å². The molecule has 0 atom stereocenters. The van der Waals surface area contributed by atoms with E-state index < -0.39 is 17.9 Å². The SMILES string of the molecule is C=C(OC)C(F)(F)F.CCNC(=O)c1cc[n+](CCCC(=O)O)nc1. The summed E-state index contributed by atoms with van der Waals surface area (Å²) in [5, 5.41) is 15.2. The standard InChI is InChI=1S/C11H15N3O3.C4H5F3O/c1-2-12-11(17)9-5-7-14(13-8-9)6-3-4-10(15)16;1-3(8-2)4(5,6)7/h5,7-8H,2-4,6H2,1H3,(H-,12,15,16,17);1H2,2H3/p+1. The van der Waals surface area contributed by atoms with Crippen molar-refractivity contribution in [2.24, 2.45) is 0 Å². The number of rotatable bonds is 7. The van der Waals surface area contributed by atoms with Crippen LogP contribution in [0.4, 0.5) is 13.2 Å². The van der Waals surface area contributed by atoms with E-state index in [1.54, 1.807) is 16.9 Å². The van der Waals surface area contributed by atoms with Crippen LogP contribution in [-0.4, -0.2) is 41.9 Å². The number of halogens is 3. The number of nitrogens with one attached hydrogen (secondary N) is 1. The van der Waals surface area contributed by atoms with E-state index >= 15 is 0 Å². The number of methoxy groups -OCH3 is 1. The molecule has 25 heavy (non-hydrogen) atoms. The third kappa shape index (κ3) is 9.95. The Hall–Kier alpha value is -2.65. The van der Waals surface area contributed by atoms with Crippen molar-refractivity contribution in [3.05, 3.63) is 36.4 Å². The molecule has 1 aromatic rings. The molecule has 0 radical (unpaired) electrons. The molecule has 1 aromatic heterocycles. The highest BCUT2D eigenvalue weighted by atomic mass is 19.4. The van der Waals surface area contributed by atoms with E-state index in [9.17, 15) is 22.8 Å². The average Bonchev–Trinajstić information content (AvgIpc) is 2.54. The van der Waals surface area contributed by atoms with Crippen molar-refractivity contribution >= 4 is 11.9 Å². The molecule has 0 aromatic carbocycles. The van der Waals surface area contributed by atoms with Crippen LogP contribution in [0.15, 0.2) is 30.8 Å². The Kier molecular flexibility index (Phi) is 9.83. The fraction of sp³-hybridized carbons (Fsp3) is 0.467. The summed E-state index contributed by atoms with van der Waals surface area (Å²) >= 11 is 0. The summed E-state index contributed by atoms with van der Waals surface area (Å²) in [7, 11) is 0.926. The van der Waals surface area contributed by atoms with Crippen molar-refractivity contribution in [3.63, 3.8) is 0 Å². The van der Waals surface area contributed by atoms with Crippen LogP contribution in [-0.2, 0) is 16.1 Å². The summed E-state index contributed by atoms with van der Waals surface area (Å²) in [5.41, 5.74) is 0.501. The number of carbonyl (C=O) groups excluding carboxylic acids is 1. The van der Waals surface area contributed by atoms with Gasteiger partial charge in [0.15, 0.2) is 18.5 Å². The van der Waals surface area contributed by atoms with Crippen LogP contribution in [0.5, 0.6) is 0 Å². The van der Waals surface area contributed by atoms with Gasteiger partial charge in [-0.3, -0.25) is 9.59 Å². The van der Waals surface area contributed by atoms with E-state index in [0.29, 0.717) is 25.1 Å². The third-order valence-electron chi connectivity index (χ3n) is 2.71. The maximum atomic E-state index is 11.4. The molecule has 140 valence electrons. The normalized spacial score (nSPS) is 10.3. The zero-order valence-electron chi connectivity index (χ0n) is 14.0. The van der Waals surface area contributed by atoms with Crippen molar-refractivity contribution < 1.29 is 37.3 Å². The molecule has 1 amide bonds. The second-order valence-corrected chi connectivity index (χ2v) is 4.66. The van der Waals surface area contributed by atoms with E-state index in [2.05, 4.69) is 21.7 Å². The molecular formula is C15H21F3N3O4+. The molecule has 10 heteroatoms. The summed E-state index contributed by atoms with van der Waals surface area (Å²) in [4.78, 5) is 21.7. The molecule has 0 aliphatic carbocycles. The maximum absolute atomic E-state index is 11.4. The van der Waals surface area contributed by atoms with Gasteiger partial charge in [0.2, 0.25) is 0 Å². The number of alkyl halides is 3. The molecule has 0 bridgehead atoms. The van der Waals surface area contributed by atoms with Crippen molar-refractivity contribution in [1.82, 2.24) is 10.4 Å². The van der Waals surface area contributed by atoms with Gasteiger partial charge in [-0.25, -0.2) is 0 Å². The van der Waals surface area contributed by atoms with Gasteiger partial charge in [-0.1, -0.05) is 11.3 Å². The first kappa shape index (κ1) is 22.4. The minimum absolute atomic E-state index is 0.118. The van der Waals surface area contributed by atoms with Crippen LogP contribution < -0.4 is 10.00 Å². The number of nitrogens with zero attached hydrogens (tertiary/aromatic N) is 2. The number of carboxylic acid groups (broad SMARTS) is 1. The lowest BCUT2D eigenvalue weighted by molar-refractivity contribution is -0.754. The smallest absolute Gasteiger partial charge is 0.448 e. The number of carboxylic acids is 1. The molecule has 0 unspecified atom stereocenters. The van der Waals surface area contributed by atoms with E-state index in [-0.39, 0.29) is 12.3 Å². The minimum Gasteiger partial charge on any atom is -0.493 e. The van der Waals surface area contributed by atoms with Crippen molar-refractivity contribution in [1.29, 1.82) is 0 Å². The van der Waals surface area contributed by atoms with Gasteiger partial charge in [-0.05, 0) is 12.0 Å². The predicted octanol–water partition coefficient (Wildman–Crippen LogP) is 1.69. The van der Waals surface area contributed by atoms with Crippen LogP contribution in [0.25, 0.3) is 0 Å². The van der Waals surface area contributed by atoms with E-state index in [4.69, 9.17) is 5.11 Å². The molecule has 1 heterocycles. The molecule has 2 N–H and O–H groups in total. The lowest BCUT2D eigenvalue weighted by Crippen LogP contribution is -2.38. The van der Waals surface area contributed by atoms with E-state index in [0.717, 1.165) is 7.11 Å². The zero-order valence-corrected chi connectivity index (χ0v) is 14.0. The molecule has 0 aliphatic heterocycles. The number of amides is 1. The van der Waals surface area contributed by atoms with Crippen molar-refractivity contribution in [2.45, 2.75) is 32.5 Å². The molecule has 0 aliphatic rings. The number of aromatic nitrogens is 2. The number of hydrogen-bond acceptors (Lipinski definition) is 4. The van der Waals surface area contributed by atoms with Gasteiger partial charge >= 0.3 is 12.1 Å². The average molecular weight is 364 g/mol. The van der Waals surface area contributed by atoms with Gasteiger partial charge < -0.3 is 15.2 Å². The van der Waals surface area contributed by atoms with E-state index in [1.807, 2.05) is 6.92 Å². The Bertz CT molecular complexity index is 574. The van der Waals surface area contributed by atoms with Crippen LogP contribution in [0.1, 0.15) is 30.1 Å². The van der Waals surface area contributed by atoms with Crippen LogP contribution >= 0.6 is 0 Å². The number of aliphatic carboxylic acids is 1. The second kappa shape index (κ2) is 11.0. The first-order valence-corrected chi connectivity index (χ1v) is 7.27. The van der Waals surface area contributed by atoms with Gasteiger partial charge in [-0.2, -0.15) is 13.2 Å². The largest absolute Gasteiger partial charge is 0.493 e. The summed E-state index contributed by atoms with van der Waals surface area (Å²) in [6.07, 6.45) is -0.618. The highest BCUT2D eigenvalue weighted by molar-refractivity contribution is 5.93. The monoisotopic (exact) mass is 364 g/mol. The lowest BCUT2D eigenvalue weighted by Gasteiger charge is -2.06. The van der Waals surface area contributed by atoms with Gasteiger partial charge in [0.05, 0.1) is 19.1 Å². The first-order chi connectivity index (χ1) is 11.6. The van der Waals surface area contributed by atoms with Gasteiger partial charge in [0, 0.05) is 19.0 Å². The quantitative estimate of drug-likeness (QED) is 0.567. The third-order valence-corrected chi connectivity index (χ3v) is 2.71. The Morgan fingerprint density at radius 2 is 2.08 bits per heavy atom. The Labute approximate surface area is 143 Å². The summed E-state index contributed by atoms with van der Waals surface area (Å²) in [6, 6.07) is 1.67. The topological polar surface area (TPSA) is 92.4 Å². The highest BCUT2D eigenvalue weighted by Crippen LogP contribution is 2.23. The first-order valence-electron chi connectivity index (χ1n) is 7.27. The summed E-state index contributed by atoms with van der Waals surface area (Å²) < 4.78 is 39.1. The number of hydrogen-bond donors (Lipinski definition) is 2. The summed E-state index contributed by atoms with van der Waals surface area (Å²) in [6.45, 7) is 5.55. The lowest BCUT2D eigenvalue weighted by atomic mass is 10.3. The molecule has 1 rings (SSSR count). The Balaban J connectivity index is 0.000000609. The fourth-order valence-corrected chi connectivity index (χ4v) is 1.42. The van der Waals surface area contributed by atoms with Crippen LogP contribution in [0, 0.1) is 0 Å². The number of carbonyl (C=O) groups is 2. The zero-order chi connectivity index (χ0) is 19.5. The molecule has 0 saturated heterocycles. The minimum atomic E-state index is -4.41. The molecule has 0 fully saturated rings. The summed E-state index contributed by atoms with van der Waals surface area (Å²) in [5.74, 6) is -2.14. The molecule has 7 nitrogen and oxygen atoms in total. The second-order valence-electron chi connectivity index (χ2n) is 4.66. The van der Waals surface area contributed by atoms with E-state index in [1.165, 1.54) is 6.20 Å². The van der Waals surface area contributed by atoms with Gasteiger partial charge in [0.1, 0.15) is 6.20 Å². The van der Waals surface area contributed by atoms with Crippen LogP contribution in [0.3, 0.4) is 0 Å². The number of ether oxygens (including phenoxy) is 1. The van der Waals surface area contributed by atoms with Crippen molar-refractivity contribution in [3.8, 4) is 0 Å². The molecular weight excluding hydrogens is 343 g/mol. The number of allylic oxidation sites excluding steroid dienone is 1. The maximum Gasteiger partial charge on any atom is 0.448 e. The van der Waals surface area contributed by atoms with Crippen LogP contribution in [0.2, 0.25) is 0 Å². The Morgan fingerprint density at radius 3 is 2.44 bits per heavy atom.